The Bertz CT molecular complexity index is 232. The van der Waals surface area contributed by atoms with E-state index in [1.54, 1.807) is 7.11 Å². The molecular weight excluding hydrogens is 220 g/mol. The van der Waals surface area contributed by atoms with Crippen LogP contribution in [0.5, 0.6) is 0 Å². The number of carboxylic acid groups (broad SMARTS) is 1. The molecule has 100 valence electrons. The zero-order chi connectivity index (χ0) is 12.7. The molecule has 0 spiro atoms. The first-order valence-corrected chi connectivity index (χ1v) is 6.37. The van der Waals surface area contributed by atoms with E-state index in [-0.39, 0.29) is 0 Å². The highest BCUT2D eigenvalue weighted by Gasteiger charge is 2.28. The Kier molecular flexibility index (Phi) is 6.47. The van der Waals surface area contributed by atoms with Gasteiger partial charge in [0.05, 0.1) is 6.61 Å². The summed E-state index contributed by atoms with van der Waals surface area (Å²) in [6.45, 7) is 5.37. The molecule has 0 aromatic carbocycles. The lowest BCUT2D eigenvalue weighted by Gasteiger charge is -2.22. The molecule has 0 bridgehead atoms. The quantitative estimate of drug-likeness (QED) is 0.587. The van der Waals surface area contributed by atoms with E-state index in [0.29, 0.717) is 19.1 Å². The van der Waals surface area contributed by atoms with Crippen LogP contribution >= 0.6 is 0 Å². The van der Waals surface area contributed by atoms with Gasteiger partial charge in [0.15, 0.2) is 0 Å². The Morgan fingerprint density at radius 2 is 2.24 bits per heavy atom. The van der Waals surface area contributed by atoms with E-state index in [9.17, 15) is 4.79 Å². The summed E-state index contributed by atoms with van der Waals surface area (Å²) in [7, 11) is 1.68. The molecule has 1 aliphatic rings. The highest BCUT2D eigenvalue weighted by Crippen LogP contribution is 2.20. The summed E-state index contributed by atoms with van der Waals surface area (Å²) in [4.78, 5) is 13.3. The molecule has 5 nitrogen and oxygen atoms in total. The van der Waals surface area contributed by atoms with Gasteiger partial charge in [-0.15, -0.1) is 0 Å². The molecule has 1 unspecified atom stereocenters. The van der Waals surface area contributed by atoms with Gasteiger partial charge in [0.1, 0.15) is 6.04 Å². The topological polar surface area (TPSA) is 61.8 Å². The number of methoxy groups -OCH3 is 1. The minimum atomic E-state index is -0.736. The maximum absolute atomic E-state index is 11.1. The van der Waals surface area contributed by atoms with Gasteiger partial charge in [-0.05, 0) is 25.8 Å². The second-order valence-electron chi connectivity index (χ2n) is 4.55. The number of carbonyl (C=O) groups is 1. The summed E-state index contributed by atoms with van der Waals surface area (Å²) in [6.07, 6.45) is 2.89. The lowest BCUT2D eigenvalue weighted by atomic mass is 10.2. The Morgan fingerprint density at radius 3 is 2.71 bits per heavy atom. The number of hydrogen-bond acceptors (Lipinski definition) is 4. The van der Waals surface area contributed by atoms with Crippen LogP contribution in [-0.4, -0.2) is 61.4 Å². The number of rotatable bonds is 10. The summed E-state index contributed by atoms with van der Waals surface area (Å²) in [5, 5.41) is 12.3. The molecule has 0 aliphatic heterocycles. The van der Waals surface area contributed by atoms with Crippen LogP contribution in [0.1, 0.15) is 26.2 Å². The normalized spacial score (nSPS) is 17.4. The van der Waals surface area contributed by atoms with Crippen molar-refractivity contribution in [2.75, 3.05) is 33.4 Å². The highest BCUT2D eigenvalue weighted by molar-refractivity contribution is 5.73. The Labute approximate surface area is 103 Å². The number of ether oxygens (including phenoxy) is 1. The average Bonchev–Trinajstić information content (AvgIpc) is 3.11. The molecule has 0 radical (unpaired) electrons. The summed E-state index contributed by atoms with van der Waals surface area (Å²) in [5.41, 5.74) is 0. The van der Waals surface area contributed by atoms with Crippen molar-refractivity contribution in [2.24, 2.45) is 0 Å². The molecule has 0 saturated heterocycles. The van der Waals surface area contributed by atoms with Crippen molar-refractivity contribution in [3.8, 4) is 0 Å². The molecule has 0 amide bonds. The van der Waals surface area contributed by atoms with Crippen LogP contribution in [0.15, 0.2) is 0 Å². The smallest absolute Gasteiger partial charge is 0.320 e. The van der Waals surface area contributed by atoms with Gasteiger partial charge in [0.2, 0.25) is 0 Å². The third-order valence-corrected chi connectivity index (χ3v) is 3.11. The third kappa shape index (κ3) is 6.00. The number of hydrogen-bond donors (Lipinski definition) is 2. The molecule has 0 heterocycles. The van der Waals surface area contributed by atoms with E-state index in [2.05, 4.69) is 17.1 Å². The maximum Gasteiger partial charge on any atom is 0.320 e. The lowest BCUT2D eigenvalue weighted by molar-refractivity contribution is -0.139. The van der Waals surface area contributed by atoms with E-state index in [1.807, 2.05) is 0 Å². The van der Waals surface area contributed by atoms with Crippen molar-refractivity contribution < 1.29 is 14.6 Å². The molecule has 1 aliphatic carbocycles. The van der Waals surface area contributed by atoms with Gasteiger partial charge >= 0.3 is 5.97 Å². The van der Waals surface area contributed by atoms with Gasteiger partial charge in [-0.25, -0.2) is 0 Å². The Hall–Kier alpha value is -0.650. The highest BCUT2D eigenvalue weighted by atomic mass is 16.5. The zero-order valence-electron chi connectivity index (χ0n) is 10.8. The number of carboxylic acids is 1. The Balaban J connectivity index is 2.25. The molecule has 17 heavy (non-hydrogen) atoms. The van der Waals surface area contributed by atoms with E-state index < -0.39 is 12.0 Å². The van der Waals surface area contributed by atoms with Gasteiger partial charge in [0.25, 0.3) is 0 Å². The van der Waals surface area contributed by atoms with E-state index in [1.165, 1.54) is 0 Å². The molecule has 1 atom stereocenters. The fourth-order valence-electron chi connectivity index (χ4n) is 1.77. The van der Waals surface area contributed by atoms with Gasteiger partial charge in [-0.3, -0.25) is 4.79 Å². The third-order valence-electron chi connectivity index (χ3n) is 3.11. The van der Waals surface area contributed by atoms with Crippen LogP contribution in [-0.2, 0) is 9.53 Å². The minimum Gasteiger partial charge on any atom is -0.480 e. The molecule has 0 aromatic rings. The van der Waals surface area contributed by atoms with E-state index in [4.69, 9.17) is 9.84 Å². The zero-order valence-corrected chi connectivity index (χ0v) is 10.8. The van der Waals surface area contributed by atoms with Crippen LogP contribution in [0.25, 0.3) is 0 Å². The predicted octanol–water partition coefficient (Wildman–Crippen LogP) is 0.550. The first-order chi connectivity index (χ1) is 8.17. The van der Waals surface area contributed by atoms with Crippen molar-refractivity contribution >= 4 is 5.97 Å². The van der Waals surface area contributed by atoms with Crippen molar-refractivity contribution in [3.05, 3.63) is 0 Å². The fraction of sp³-hybridized carbons (Fsp3) is 0.917. The first-order valence-electron chi connectivity index (χ1n) is 6.37. The van der Waals surface area contributed by atoms with Crippen LogP contribution in [0.4, 0.5) is 0 Å². The molecule has 1 rings (SSSR count). The van der Waals surface area contributed by atoms with Gasteiger partial charge in [-0.1, -0.05) is 6.92 Å². The van der Waals surface area contributed by atoms with Crippen molar-refractivity contribution in [1.82, 2.24) is 10.2 Å². The second-order valence-corrected chi connectivity index (χ2v) is 4.55. The number of likely N-dealkylation sites (N-methyl/N-ethyl adjacent to an activating group) is 1. The van der Waals surface area contributed by atoms with E-state index in [0.717, 1.165) is 32.5 Å². The standard InChI is InChI=1S/C12H24N2O3/c1-3-14(8-9-17-2)7-6-11(12(15)16)13-10-4-5-10/h10-11,13H,3-9H2,1-2H3,(H,15,16). The largest absolute Gasteiger partial charge is 0.480 e. The van der Waals surface area contributed by atoms with Crippen LogP contribution in [0.3, 0.4) is 0 Å². The molecule has 0 aromatic heterocycles. The molecular formula is C12H24N2O3. The van der Waals surface area contributed by atoms with Crippen LogP contribution in [0.2, 0.25) is 0 Å². The molecule has 5 heteroatoms. The summed E-state index contributed by atoms with van der Waals surface area (Å²) in [6, 6.07) is 0.0317. The monoisotopic (exact) mass is 244 g/mol. The van der Waals surface area contributed by atoms with Crippen molar-refractivity contribution in [3.63, 3.8) is 0 Å². The molecule has 2 N–H and O–H groups in total. The Morgan fingerprint density at radius 1 is 1.53 bits per heavy atom. The lowest BCUT2D eigenvalue weighted by Crippen LogP contribution is -2.41. The SMILES string of the molecule is CCN(CCOC)CCC(NC1CC1)C(=O)O. The van der Waals surface area contributed by atoms with E-state index >= 15 is 0 Å². The predicted molar refractivity (Wildman–Crippen MR) is 66.2 cm³/mol. The average molecular weight is 244 g/mol. The van der Waals surface area contributed by atoms with Crippen LogP contribution < -0.4 is 5.32 Å². The number of nitrogens with one attached hydrogen (secondary N) is 1. The van der Waals surface area contributed by atoms with Gasteiger partial charge in [0, 0.05) is 26.2 Å². The molecule has 1 fully saturated rings. The summed E-state index contributed by atoms with van der Waals surface area (Å²) in [5.74, 6) is -0.736. The van der Waals surface area contributed by atoms with Gasteiger partial charge < -0.3 is 20.1 Å². The number of nitrogens with zero attached hydrogens (tertiary/aromatic N) is 1. The fourth-order valence-corrected chi connectivity index (χ4v) is 1.77. The second kappa shape index (κ2) is 7.63. The summed E-state index contributed by atoms with van der Waals surface area (Å²) < 4.78 is 5.03. The number of aliphatic carboxylic acids is 1. The minimum absolute atomic E-state index is 0.404. The molecule has 1 saturated carbocycles. The van der Waals surface area contributed by atoms with Crippen LogP contribution in [0, 0.1) is 0 Å². The maximum atomic E-state index is 11.1. The van der Waals surface area contributed by atoms with Gasteiger partial charge in [-0.2, -0.15) is 0 Å². The van der Waals surface area contributed by atoms with Crippen molar-refractivity contribution in [1.29, 1.82) is 0 Å². The van der Waals surface area contributed by atoms with Crippen molar-refractivity contribution in [2.45, 2.75) is 38.3 Å². The first kappa shape index (κ1) is 14.4. The summed E-state index contributed by atoms with van der Waals surface area (Å²) >= 11 is 0.